The Hall–Kier alpha value is -1.84. The minimum absolute atomic E-state index is 0.133. The van der Waals surface area contributed by atoms with Gasteiger partial charge in [-0.1, -0.05) is 30.3 Å². The van der Waals surface area contributed by atoms with Crippen LogP contribution in [0, 0.1) is 0 Å². The molecule has 0 saturated carbocycles. The molecule has 0 aromatic heterocycles. The lowest BCUT2D eigenvalue weighted by molar-refractivity contribution is -0.114. The highest BCUT2D eigenvalue weighted by molar-refractivity contribution is 6.45. The molecule has 4 heteroatoms. The molecule has 1 aromatic rings. The maximum atomic E-state index is 11.9. The van der Waals surface area contributed by atoms with Gasteiger partial charge < -0.3 is 5.32 Å². The van der Waals surface area contributed by atoms with Gasteiger partial charge in [0.1, 0.15) is 0 Å². The zero-order valence-electron chi connectivity index (χ0n) is 10.7. The number of amides is 1. The van der Waals surface area contributed by atoms with Crippen LogP contribution in [0.5, 0.6) is 0 Å². The molecule has 1 N–H and O–H groups in total. The first-order valence-electron chi connectivity index (χ1n) is 6.42. The van der Waals surface area contributed by atoms with E-state index < -0.39 is 0 Å². The molecule has 1 aromatic carbocycles. The van der Waals surface area contributed by atoms with Gasteiger partial charge in [-0.25, -0.2) is 0 Å². The number of piperidine rings is 1. The largest absolute Gasteiger partial charge is 0.354 e. The number of carbonyl (C=O) groups is 1. The Morgan fingerprint density at radius 1 is 1.17 bits per heavy atom. The summed E-state index contributed by atoms with van der Waals surface area (Å²) in [6, 6.07) is 9.61. The van der Waals surface area contributed by atoms with Crippen molar-refractivity contribution in [2.75, 3.05) is 20.1 Å². The van der Waals surface area contributed by atoms with E-state index >= 15 is 0 Å². The van der Waals surface area contributed by atoms with Crippen molar-refractivity contribution in [1.29, 1.82) is 0 Å². The van der Waals surface area contributed by atoms with Crippen LogP contribution in [0.2, 0.25) is 0 Å². The van der Waals surface area contributed by atoms with E-state index in [1.165, 1.54) is 6.42 Å². The first-order valence-corrected chi connectivity index (χ1v) is 6.42. The van der Waals surface area contributed by atoms with E-state index in [1.54, 1.807) is 7.05 Å². The van der Waals surface area contributed by atoms with Gasteiger partial charge in [0.05, 0.1) is 0 Å². The summed E-state index contributed by atoms with van der Waals surface area (Å²) in [7, 11) is 1.64. The van der Waals surface area contributed by atoms with Crippen molar-refractivity contribution in [3.05, 3.63) is 35.9 Å². The van der Waals surface area contributed by atoms with Gasteiger partial charge in [0, 0.05) is 25.7 Å². The molecule has 1 heterocycles. The predicted octanol–water partition coefficient (Wildman–Crippen LogP) is 1.62. The van der Waals surface area contributed by atoms with Gasteiger partial charge in [0.25, 0.3) is 5.91 Å². The fraction of sp³-hybridized carbons (Fsp3) is 0.429. The Kier molecular flexibility index (Phi) is 4.34. The van der Waals surface area contributed by atoms with Crippen LogP contribution in [0.4, 0.5) is 0 Å². The van der Waals surface area contributed by atoms with Crippen LogP contribution < -0.4 is 5.32 Å². The van der Waals surface area contributed by atoms with Gasteiger partial charge in [0.15, 0.2) is 5.71 Å². The molecule has 0 unspecified atom stereocenters. The van der Waals surface area contributed by atoms with Crippen molar-refractivity contribution in [2.24, 2.45) is 5.10 Å². The third kappa shape index (κ3) is 3.09. The average Bonchev–Trinajstić information content (AvgIpc) is 2.46. The van der Waals surface area contributed by atoms with Crippen LogP contribution in [0.25, 0.3) is 0 Å². The number of likely N-dealkylation sites (N-methyl/N-ethyl adjacent to an activating group) is 1. The Balaban J connectivity index is 2.24. The lowest BCUT2D eigenvalue weighted by Gasteiger charge is -2.24. The first kappa shape index (κ1) is 12.6. The second kappa shape index (κ2) is 6.19. The summed E-state index contributed by atoms with van der Waals surface area (Å²) >= 11 is 0. The molecule has 1 fully saturated rings. The molecule has 1 aliphatic rings. The maximum absolute atomic E-state index is 11.9. The molecule has 0 aliphatic carbocycles. The number of nitrogens with one attached hydrogen (secondary N) is 1. The van der Waals surface area contributed by atoms with E-state index in [4.69, 9.17) is 0 Å². The first-order chi connectivity index (χ1) is 8.81. The van der Waals surface area contributed by atoms with Crippen LogP contribution >= 0.6 is 0 Å². The summed E-state index contributed by atoms with van der Waals surface area (Å²) in [6.07, 6.45) is 3.56. The number of hydrazone groups is 1. The maximum Gasteiger partial charge on any atom is 0.272 e. The van der Waals surface area contributed by atoms with Crippen molar-refractivity contribution in [2.45, 2.75) is 19.3 Å². The number of benzene rings is 1. The van der Waals surface area contributed by atoms with E-state index in [2.05, 4.69) is 10.4 Å². The average molecular weight is 245 g/mol. The van der Waals surface area contributed by atoms with Crippen LogP contribution in [0.1, 0.15) is 24.8 Å². The molecule has 18 heavy (non-hydrogen) atoms. The number of nitrogens with zero attached hydrogens (tertiary/aromatic N) is 2. The lowest BCUT2D eigenvalue weighted by Crippen LogP contribution is -2.33. The fourth-order valence-corrected chi connectivity index (χ4v) is 2.07. The molecule has 0 atom stereocenters. The second-order valence-corrected chi connectivity index (χ2v) is 4.41. The summed E-state index contributed by atoms with van der Waals surface area (Å²) < 4.78 is 0. The lowest BCUT2D eigenvalue weighted by atomic mass is 10.1. The molecule has 0 spiro atoms. The Morgan fingerprint density at radius 2 is 1.83 bits per heavy atom. The zero-order valence-corrected chi connectivity index (χ0v) is 10.7. The number of hydrogen-bond donors (Lipinski definition) is 1. The van der Waals surface area contributed by atoms with Gasteiger partial charge in [-0.05, 0) is 19.3 Å². The van der Waals surface area contributed by atoms with Gasteiger partial charge >= 0.3 is 0 Å². The smallest absolute Gasteiger partial charge is 0.272 e. The minimum atomic E-state index is -0.133. The van der Waals surface area contributed by atoms with Gasteiger partial charge in [-0.3, -0.25) is 9.80 Å². The van der Waals surface area contributed by atoms with E-state index in [0.29, 0.717) is 5.71 Å². The summed E-state index contributed by atoms with van der Waals surface area (Å²) in [5, 5.41) is 9.17. The van der Waals surface area contributed by atoms with Crippen molar-refractivity contribution in [1.82, 2.24) is 10.3 Å². The van der Waals surface area contributed by atoms with Gasteiger partial charge in [0.2, 0.25) is 0 Å². The van der Waals surface area contributed by atoms with Crippen LogP contribution in [-0.2, 0) is 4.79 Å². The quantitative estimate of drug-likeness (QED) is 0.822. The summed E-state index contributed by atoms with van der Waals surface area (Å²) in [4.78, 5) is 11.9. The highest BCUT2D eigenvalue weighted by Gasteiger charge is 2.15. The molecule has 96 valence electrons. The molecule has 1 saturated heterocycles. The standard InChI is InChI=1S/C14H19N3O/c1-15-14(18)13(12-8-4-2-5-9-12)16-17-10-6-3-7-11-17/h2,4-5,8-9H,3,6-7,10-11H2,1H3,(H,15,18)/b16-13+. The molecule has 4 nitrogen and oxygen atoms in total. The monoisotopic (exact) mass is 245 g/mol. The summed E-state index contributed by atoms with van der Waals surface area (Å²) in [6.45, 7) is 1.88. The third-order valence-electron chi connectivity index (χ3n) is 3.06. The Morgan fingerprint density at radius 3 is 2.44 bits per heavy atom. The van der Waals surface area contributed by atoms with Gasteiger partial charge in [-0.2, -0.15) is 5.10 Å². The normalized spacial score (nSPS) is 16.5. The van der Waals surface area contributed by atoms with E-state index in [-0.39, 0.29) is 5.91 Å². The minimum Gasteiger partial charge on any atom is -0.354 e. The van der Waals surface area contributed by atoms with Crippen molar-refractivity contribution < 1.29 is 4.79 Å². The fourth-order valence-electron chi connectivity index (χ4n) is 2.07. The van der Waals surface area contributed by atoms with Crippen molar-refractivity contribution >= 4 is 11.6 Å². The molecule has 0 bridgehead atoms. The second-order valence-electron chi connectivity index (χ2n) is 4.41. The van der Waals surface area contributed by atoms with Crippen molar-refractivity contribution in [3.8, 4) is 0 Å². The molecule has 2 rings (SSSR count). The van der Waals surface area contributed by atoms with E-state index in [0.717, 1.165) is 31.5 Å². The number of carbonyl (C=O) groups excluding carboxylic acids is 1. The topological polar surface area (TPSA) is 44.7 Å². The van der Waals surface area contributed by atoms with E-state index in [1.807, 2.05) is 35.3 Å². The molecular formula is C14H19N3O. The summed E-state index contributed by atoms with van der Waals surface area (Å²) in [5.74, 6) is -0.133. The highest BCUT2D eigenvalue weighted by atomic mass is 16.1. The molecule has 1 aliphatic heterocycles. The zero-order chi connectivity index (χ0) is 12.8. The number of hydrogen-bond acceptors (Lipinski definition) is 3. The van der Waals surface area contributed by atoms with Crippen LogP contribution in [0.15, 0.2) is 35.4 Å². The predicted molar refractivity (Wildman–Crippen MR) is 72.5 cm³/mol. The molecule has 0 radical (unpaired) electrons. The Bertz CT molecular complexity index is 422. The van der Waals surface area contributed by atoms with E-state index in [9.17, 15) is 4.79 Å². The van der Waals surface area contributed by atoms with Crippen molar-refractivity contribution in [3.63, 3.8) is 0 Å². The Labute approximate surface area is 108 Å². The molecular weight excluding hydrogens is 226 g/mol. The summed E-state index contributed by atoms with van der Waals surface area (Å²) in [5.41, 5.74) is 1.36. The highest BCUT2D eigenvalue weighted by Crippen LogP contribution is 2.11. The SMILES string of the molecule is CNC(=O)/C(=N/N1CCCCC1)c1ccccc1. The van der Waals surface area contributed by atoms with Crippen LogP contribution in [0.3, 0.4) is 0 Å². The van der Waals surface area contributed by atoms with Crippen LogP contribution in [-0.4, -0.2) is 36.8 Å². The van der Waals surface area contributed by atoms with Gasteiger partial charge in [-0.15, -0.1) is 0 Å². The molecule has 1 amide bonds. The third-order valence-corrected chi connectivity index (χ3v) is 3.06. The number of rotatable bonds is 3.